The standard InChI is InChI=1S/C18H33N5/c1-14(2)15(23-11-9-22(6)10-12-23)13-20-16-7-8-19-17(21-16)18(3,4)5/h7-8,14-15H,9-13H2,1-6H3,(H,19,20,21). The number of rotatable bonds is 5. The second kappa shape index (κ2) is 7.58. The molecule has 0 aliphatic carbocycles. The number of likely N-dealkylation sites (N-methyl/N-ethyl adjacent to an activating group) is 1. The van der Waals surface area contributed by atoms with Crippen molar-refractivity contribution in [1.82, 2.24) is 19.8 Å². The summed E-state index contributed by atoms with van der Waals surface area (Å²) in [4.78, 5) is 14.1. The molecule has 1 unspecified atom stereocenters. The third-order valence-corrected chi connectivity index (χ3v) is 4.60. The van der Waals surface area contributed by atoms with Crippen molar-refractivity contribution < 1.29 is 0 Å². The molecule has 1 aromatic rings. The van der Waals surface area contributed by atoms with E-state index in [0.717, 1.165) is 44.4 Å². The van der Waals surface area contributed by atoms with E-state index >= 15 is 0 Å². The monoisotopic (exact) mass is 319 g/mol. The lowest BCUT2D eigenvalue weighted by molar-refractivity contribution is 0.0944. The highest BCUT2D eigenvalue weighted by Crippen LogP contribution is 2.19. The fourth-order valence-electron chi connectivity index (χ4n) is 2.97. The van der Waals surface area contributed by atoms with Gasteiger partial charge in [-0.2, -0.15) is 0 Å². The molecule has 1 aromatic heterocycles. The van der Waals surface area contributed by atoms with E-state index in [4.69, 9.17) is 0 Å². The van der Waals surface area contributed by atoms with Gasteiger partial charge in [0.15, 0.2) is 0 Å². The Bertz CT molecular complexity index is 486. The lowest BCUT2D eigenvalue weighted by Gasteiger charge is -2.40. The molecule has 0 radical (unpaired) electrons. The summed E-state index contributed by atoms with van der Waals surface area (Å²) in [5.41, 5.74) is -0.0212. The van der Waals surface area contributed by atoms with Crippen LogP contribution < -0.4 is 5.32 Å². The lowest BCUT2D eigenvalue weighted by atomic mass is 9.96. The van der Waals surface area contributed by atoms with E-state index in [1.165, 1.54) is 0 Å². The second-order valence-corrected chi connectivity index (χ2v) is 8.05. The van der Waals surface area contributed by atoms with Crippen molar-refractivity contribution in [1.29, 1.82) is 0 Å². The molecule has 1 N–H and O–H groups in total. The zero-order chi connectivity index (χ0) is 17.0. The molecule has 5 nitrogen and oxygen atoms in total. The summed E-state index contributed by atoms with van der Waals surface area (Å²) in [5, 5.41) is 3.54. The maximum Gasteiger partial charge on any atom is 0.135 e. The summed E-state index contributed by atoms with van der Waals surface area (Å²) in [7, 11) is 2.20. The maximum atomic E-state index is 4.68. The summed E-state index contributed by atoms with van der Waals surface area (Å²) in [6.45, 7) is 16.6. The number of nitrogens with one attached hydrogen (secondary N) is 1. The molecule has 1 fully saturated rings. The van der Waals surface area contributed by atoms with Crippen molar-refractivity contribution >= 4 is 5.82 Å². The van der Waals surface area contributed by atoms with Crippen LogP contribution in [0.2, 0.25) is 0 Å². The van der Waals surface area contributed by atoms with E-state index in [-0.39, 0.29) is 5.41 Å². The summed E-state index contributed by atoms with van der Waals surface area (Å²) in [6.07, 6.45) is 1.86. The molecule has 0 bridgehead atoms. The number of hydrogen-bond donors (Lipinski definition) is 1. The third-order valence-electron chi connectivity index (χ3n) is 4.60. The van der Waals surface area contributed by atoms with Crippen molar-refractivity contribution in [3.8, 4) is 0 Å². The van der Waals surface area contributed by atoms with Crippen LogP contribution in [0.25, 0.3) is 0 Å². The zero-order valence-electron chi connectivity index (χ0n) is 15.6. The van der Waals surface area contributed by atoms with Crippen molar-refractivity contribution in [2.45, 2.75) is 46.1 Å². The maximum absolute atomic E-state index is 4.68. The van der Waals surface area contributed by atoms with Crippen LogP contribution in [0.5, 0.6) is 0 Å². The van der Waals surface area contributed by atoms with Crippen molar-refractivity contribution in [3.05, 3.63) is 18.1 Å². The lowest BCUT2D eigenvalue weighted by Crippen LogP contribution is -2.52. The minimum atomic E-state index is -0.0212. The second-order valence-electron chi connectivity index (χ2n) is 8.05. The van der Waals surface area contributed by atoms with E-state index in [2.05, 4.69) is 66.8 Å². The van der Waals surface area contributed by atoms with Crippen LogP contribution in [-0.2, 0) is 5.41 Å². The van der Waals surface area contributed by atoms with Gasteiger partial charge in [-0.05, 0) is 19.0 Å². The topological polar surface area (TPSA) is 44.3 Å². The third kappa shape index (κ3) is 5.15. The van der Waals surface area contributed by atoms with Gasteiger partial charge in [0.25, 0.3) is 0 Å². The highest BCUT2D eigenvalue weighted by molar-refractivity contribution is 5.34. The van der Waals surface area contributed by atoms with Gasteiger partial charge >= 0.3 is 0 Å². The minimum Gasteiger partial charge on any atom is -0.368 e. The number of piperazine rings is 1. The first kappa shape index (κ1) is 18.1. The Balaban J connectivity index is 1.99. The molecule has 0 saturated carbocycles. The first-order chi connectivity index (χ1) is 10.8. The van der Waals surface area contributed by atoms with Crippen molar-refractivity contribution in [3.63, 3.8) is 0 Å². The fraction of sp³-hybridized carbons (Fsp3) is 0.778. The average molecular weight is 319 g/mol. The van der Waals surface area contributed by atoms with Gasteiger partial charge in [-0.3, -0.25) is 4.90 Å². The normalized spacial score (nSPS) is 19.1. The van der Waals surface area contributed by atoms with Crippen LogP contribution >= 0.6 is 0 Å². The number of hydrogen-bond acceptors (Lipinski definition) is 5. The van der Waals surface area contributed by atoms with Crippen LogP contribution in [0, 0.1) is 5.92 Å². The molecule has 1 aliphatic heterocycles. The van der Waals surface area contributed by atoms with Gasteiger partial charge in [-0.25, -0.2) is 9.97 Å². The van der Waals surface area contributed by atoms with E-state index in [1.54, 1.807) is 0 Å². The van der Waals surface area contributed by atoms with Crippen LogP contribution in [0.1, 0.15) is 40.4 Å². The van der Waals surface area contributed by atoms with E-state index in [0.29, 0.717) is 12.0 Å². The first-order valence-corrected chi connectivity index (χ1v) is 8.77. The molecule has 130 valence electrons. The highest BCUT2D eigenvalue weighted by atomic mass is 15.3. The Kier molecular flexibility index (Phi) is 5.98. The molecule has 1 aliphatic rings. The Hall–Kier alpha value is -1.20. The molecule has 1 atom stereocenters. The van der Waals surface area contributed by atoms with Crippen LogP contribution in [0.15, 0.2) is 12.3 Å². The Morgan fingerprint density at radius 1 is 1.17 bits per heavy atom. The van der Waals surface area contributed by atoms with Crippen LogP contribution in [0.3, 0.4) is 0 Å². The van der Waals surface area contributed by atoms with E-state index < -0.39 is 0 Å². The largest absolute Gasteiger partial charge is 0.368 e. The minimum absolute atomic E-state index is 0.0212. The zero-order valence-corrected chi connectivity index (χ0v) is 15.6. The smallest absolute Gasteiger partial charge is 0.135 e. The summed E-state index contributed by atoms with van der Waals surface area (Å²) >= 11 is 0. The van der Waals surface area contributed by atoms with Gasteiger partial charge in [0.05, 0.1) is 0 Å². The van der Waals surface area contributed by atoms with Gasteiger partial charge in [0, 0.05) is 50.4 Å². The van der Waals surface area contributed by atoms with E-state index in [1.807, 2.05) is 12.3 Å². The van der Waals surface area contributed by atoms with Crippen LogP contribution in [-0.4, -0.2) is 65.6 Å². The molecule has 1 saturated heterocycles. The molecular formula is C18H33N5. The Morgan fingerprint density at radius 3 is 2.39 bits per heavy atom. The summed E-state index contributed by atoms with van der Waals surface area (Å²) < 4.78 is 0. The predicted octanol–water partition coefficient (Wildman–Crippen LogP) is 2.46. The van der Waals surface area contributed by atoms with Crippen molar-refractivity contribution in [2.75, 3.05) is 45.1 Å². The molecule has 0 spiro atoms. The molecule has 2 heterocycles. The Labute approximate surface area is 141 Å². The molecule has 2 rings (SSSR count). The van der Waals surface area contributed by atoms with Gasteiger partial charge in [-0.15, -0.1) is 0 Å². The number of nitrogens with zero attached hydrogens (tertiary/aromatic N) is 4. The number of aromatic nitrogens is 2. The molecule has 23 heavy (non-hydrogen) atoms. The summed E-state index contributed by atoms with van der Waals surface area (Å²) in [5.74, 6) is 2.45. The van der Waals surface area contributed by atoms with Gasteiger partial charge in [0.2, 0.25) is 0 Å². The van der Waals surface area contributed by atoms with E-state index in [9.17, 15) is 0 Å². The van der Waals surface area contributed by atoms with Crippen molar-refractivity contribution in [2.24, 2.45) is 5.92 Å². The van der Waals surface area contributed by atoms with Gasteiger partial charge in [-0.1, -0.05) is 34.6 Å². The van der Waals surface area contributed by atoms with Crippen LogP contribution in [0.4, 0.5) is 5.82 Å². The SMILES string of the molecule is CC(C)C(CNc1ccnc(C(C)(C)C)n1)N1CCN(C)CC1. The molecule has 0 aromatic carbocycles. The molecule has 0 amide bonds. The van der Waals surface area contributed by atoms with Gasteiger partial charge < -0.3 is 10.2 Å². The quantitative estimate of drug-likeness (QED) is 0.903. The summed E-state index contributed by atoms with van der Waals surface area (Å²) in [6, 6.07) is 2.51. The molecular weight excluding hydrogens is 286 g/mol. The predicted molar refractivity (Wildman–Crippen MR) is 96.9 cm³/mol. The highest BCUT2D eigenvalue weighted by Gasteiger charge is 2.25. The molecule has 5 heteroatoms. The fourth-order valence-corrected chi connectivity index (χ4v) is 2.97. The Morgan fingerprint density at radius 2 is 1.83 bits per heavy atom. The first-order valence-electron chi connectivity index (χ1n) is 8.77. The van der Waals surface area contributed by atoms with Gasteiger partial charge in [0.1, 0.15) is 11.6 Å². The number of anilines is 1. The average Bonchev–Trinajstić information content (AvgIpc) is 2.48.